The summed E-state index contributed by atoms with van der Waals surface area (Å²) >= 11 is 2.24. The van der Waals surface area contributed by atoms with Gasteiger partial charge >= 0.3 is 0 Å². The molecular weight excluding hydrogens is 415 g/mol. The predicted octanol–water partition coefficient (Wildman–Crippen LogP) is 3.40. The highest BCUT2D eigenvalue weighted by Crippen LogP contribution is 2.23. The lowest BCUT2D eigenvalue weighted by Crippen LogP contribution is -2.37. The molecule has 3 rings (SSSR count). The minimum Gasteiger partial charge on any atom is -0.378 e. The lowest BCUT2D eigenvalue weighted by atomic mass is 10.1. The van der Waals surface area contributed by atoms with Gasteiger partial charge in [-0.05, 0) is 58.5 Å². The van der Waals surface area contributed by atoms with Gasteiger partial charge in [-0.2, -0.15) is 0 Å². The van der Waals surface area contributed by atoms with Crippen LogP contribution in [-0.2, 0) is 11.3 Å². The van der Waals surface area contributed by atoms with Crippen LogP contribution in [0.2, 0.25) is 0 Å². The largest absolute Gasteiger partial charge is 0.378 e. The van der Waals surface area contributed by atoms with Crippen LogP contribution in [0.25, 0.3) is 0 Å². The zero-order valence-electron chi connectivity index (χ0n) is 13.7. The lowest BCUT2D eigenvalue weighted by Gasteiger charge is -2.31. The van der Waals surface area contributed by atoms with Gasteiger partial charge in [-0.3, -0.25) is 4.79 Å². The van der Waals surface area contributed by atoms with E-state index < -0.39 is 0 Å². The molecule has 1 aliphatic heterocycles. The van der Waals surface area contributed by atoms with E-state index in [-0.39, 0.29) is 5.91 Å². The second-order valence-electron chi connectivity index (χ2n) is 5.90. The number of ether oxygens (including phenoxy) is 1. The molecule has 0 unspecified atom stereocenters. The molecule has 1 saturated heterocycles. The molecular formula is C19H21IN2O2. The molecule has 5 heteroatoms. The molecule has 0 aromatic heterocycles. The van der Waals surface area contributed by atoms with Crippen molar-refractivity contribution in [3.8, 4) is 0 Å². The Morgan fingerprint density at radius 3 is 2.50 bits per heavy atom. The van der Waals surface area contributed by atoms with Crippen LogP contribution in [0.4, 0.5) is 5.69 Å². The molecule has 24 heavy (non-hydrogen) atoms. The summed E-state index contributed by atoms with van der Waals surface area (Å²) in [5.41, 5.74) is 3.09. The molecule has 0 radical (unpaired) electrons. The minimum atomic E-state index is 0.0446. The molecule has 0 saturated carbocycles. The van der Waals surface area contributed by atoms with E-state index in [0.717, 1.165) is 35.4 Å². The second-order valence-corrected chi connectivity index (χ2v) is 7.14. The van der Waals surface area contributed by atoms with Crippen LogP contribution < -0.4 is 4.90 Å². The van der Waals surface area contributed by atoms with Gasteiger partial charge in [0.2, 0.25) is 0 Å². The van der Waals surface area contributed by atoms with Crippen molar-refractivity contribution in [2.75, 3.05) is 38.3 Å². The number of amides is 1. The molecule has 1 amide bonds. The Bertz CT molecular complexity index is 697. The maximum Gasteiger partial charge on any atom is 0.253 e. The Labute approximate surface area is 156 Å². The quantitative estimate of drug-likeness (QED) is 0.689. The third kappa shape index (κ3) is 4.08. The number of morpholine rings is 1. The molecule has 4 nitrogen and oxygen atoms in total. The Kier molecular flexibility index (Phi) is 5.73. The first-order valence-corrected chi connectivity index (χ1v) is 9.14. The number of hydrogen-bond acceptors (Lipinski definition) is 3. The average Bonchev–Trinajstić information content (AvgIpc) is 2.63. The zero-order chi connectivity index (χ0) is 16.9. The maximum atomic E-state index is 12.6. The molecule has 2 aromatic carbocycles. The number of anilines is 1. The van der Waals surface area contributed by atoms with Crippen molar-refractivity contribution in [1.82, 2.24) is 4.90 Å². The Morgan fingerprint density at radius 2 is 1.79 bits per heavy atom. The van der Waals surface area contributed by atoms with Gasteiger partial charge in [-0.15, -0.1) is 0 Å². The summed E-state index contributed by atoms with van der Waals surface area (Å²) in [6, 6.07) is 16.0. The molecule has 1 fully saturated rings. The molecule has 1 heterocycles. The number of carbonyl (C=O) groups excluding carboxylic acids is 1. The Hall–Kier alpha value is -1.60. The highest BCUT2D eigenvalue weighted by atomic mass is 127. The maximum absolute atomic E-state index is 12.6. The van der Waals surface area contributed by atoms with Crippen LogP contribution in [0.15, 0.2) is 48.5 Å². The summed E-state index contributed by atoms with van der Waals surface area (Å²) in [4.78, 5) is 16.8. The molecule has 0 bridgehead atoms. The van der Waals surface area contributed by atoms with E-state index in [2.05, 4.69) is 45.7 Å². The van der Waals surface area contributed by atoms with E-state index in [1.807, 2.05) is 37.4 Å². The summed E-state index contributed by atoms with van der Waals surface area (Å²) in [7, 11) is 1.86. The van der Waals surface area contributed by atoms with Crippen LogP contribution in [0.5, 0.6) is 0 Å². The topological polar surface area (TPSA) is 32.8 Å². The fourth-order valence-corrected chi connectivity index (χ4v) is 3.26. The first-order valence-electron chi connectivity index (χ1n) is 8.07. The number of nitrogens with zero attached hydrogens (tertiary/aromatic N) is 2. The first kappa shape index (κ1) is 17.2. The monoisotopic (exact) mass is 436 g/mol. The van der Waals surface area contributed by atoms with Gasteiger partial charge in [0.1, 0.15) is 0 Å². The number of benzene rings is 2. The van der Waals surface area contributed by atoms with Crippen molar-refractivity contribution in [1.29, 1.82) is 0 Å². The molecule has 0 N–H and O–H groups in total. The van der Waals surface area contributed by atoms with Crippen molar-refractivity contribution >= 4 is 34.2 Å². The van der Waals surface area contributed by atoms with Crippen LogP contribution >= 0.6 is 22.6 Å². The standard InChI is InChI=1S/C19H21IN2O2/c1-21(19(23)15-6-8-17(20)9-7-15)14-16-4-2-3-5-18(16)22-10-12-24-13-11-22/h2-9H,10-14H2,1H3. The summed E-state index contributed by atoms with van der Waals surface area (Å²) < 4.78 is 6.57. The highest BCUT2D eigenvalue weighted by Gasteiger charge is 2.17. The molecule has 0 aliphatic carbocycles. The smallest absolute Gasteiger partial charge is 0.253 e. The average molecular weight is 436 g/mol. The summed E-state index contributed by atoms with van der Waals surface area (Å²) in [6.07, 6.45) is 0. The summed E-state index contributed by atoms with van der Waals surface area (Å²) in [6.45, 7) is 3.90. The van der Waals surface area contributed by atoms with E-state index >= 15 is 0 Å². The van der Waals surface area contributed by atoms with Crippen molar-refractivity contribution in [2.24, 2.45) is 0 Å². The van der Waals surface area contributed by atoms with Crippen molar-refractivity contribution < 1.29 is 9.53 Å². The number of para-hydroxylation sites is 1. The molecule has 126 valence electrons. The van der Waals surface area contributed by atoms with E-state index in [0.29, 0.717) is 6.54 Å². The number of carbonyl (C=O) groups is 1. The van der Waals surface area contributed by atoms with Crippen molar-refractivity contribution in [2.45, 2.75) is 6.54 Å². The van der Waals surface area contributed by atoms with Gasteiger partial charge in [0.25, 0.3) is 5.91 Å². The van der Waals surface area contributed by atoms with E-state index in [4.69, 9.17) is 4.74 Å². The second kappa shape index (κ2) is 7.98. The van der Waals surface area contributed by atoms with E-state index in [1.165, 1.54) is 11.3 Å². The Morgan fingerprint density at radius 1 is 1.12 bits per heavy atom. The highest BCUT2D eigenvalue weighted by molar-refractivity contribution is 14.1. The van der Waals surface area contributed by atoms with Crippen LogP contribution in [0.1, 0.15) is 15.9 Å². The normalized spacial score (nSPS) is 14.5. The summed E-state index contributed by atoms with van der Waals surface area (Å²) in [5.74, 6) is 0.0446. The van der Waals surface area contributed by atoms with Gasteiger partial charge in [-0.1, -0.05) is 18.2 Å². The summed E-state index contributed by atoms with van der Waals surface area (Å²) in [5, 5.41) is 0. The third-order valence-corrected chi connectivity index (χ3v) is 4.91. The van der Waals surface area contributed by atoms with Crippen LogP contribution in [0.3, 0.4) is 0 Å². The lowest BCUT2D eigenvalue weighted by molar-refractivity contribution is 0.0785. The van der Waals surface area contributed by atoms with Gasteiger partial charge in [0.05, 0.1) is 13.2 Å². The van der Waals surface area contributed by atoms with Crippen molar-refractivity contribution in [3.63, 3.8) is 0 Å². The number of rotatable bonds is 4. The number of halogens is 1. The third-order valence-electron chi connectivity index (χ3n) is 4.19. The zero-order valence-corrected chi connectivity index (χ0v) is 15.9. The predicted molar refractivity (Wildman–Crippen MR) is 104 cm³/mol. The van der Waals surface area contributed by atoms with Crippen LogP contribution in [0, 0.1) is 3.57 Å². The molecule has 2 aromatic rings. The van der Waals surface area contributed by atoms with E-state index in [9.17, 15) is 4.79 Å². The fraction of sp³-hybridized carbons (Fsp3) is 0.316. The molecule has 0 spiro atoms. The van der Waals surface area contributed by atoms with E-state index in [1.54, 1.807) is 4.90 Å². The van der Waals surface area contributed by atoms with Gasteiger partial charge in [-0.25, -0.2) is 0 Å². The minimum absolute atomic E-state index is 0.0446. The van der Waals surface area contributed by atoms with Gasteiger partial charge < -0.3 is 14.5 Å². The van der Waals surface area contributed by atoms with Crippen molar-refractivity contribution in [3.05, 3.63) is 63.2 Å². The number of hydrogen-bond donors (Lipinski definition) is 0. The SMILES string of the molecule is CN(Cc1ccccc1N1CCOCC1)C(=O)c1ccc(I)cc1. The van der Waals surface area contributed by atoms with Gasteiger partial charge in [0, 0.05) is 41.5 Å². The first-order chi connectivity index (χ1) is 11.6. The fourth-order valence-electron chi connectivity index (χ4n) is 2.90. The Balaban J connectivity index is 1.75. The van der Waals surface area contributed by atoms with Gasteiger partial charge in [0.15, 0.2) is 0 Å². The molecule has 1 aliphatic rings. The molecule has 0 atom stereocenters. The van der Waals surface area contributed by atoms with Crippen LogP contribution in [-0.4, -0.2) is 44.2 Å².